The van der Waals surface area contributed by atoms with Crippen molar-refractivity contribution in [3.8, 4) is 0 Å². The van der Waals surface area contributed by atoms with Gasteiger partial charge in [0.25, 0.3) is 0 Å². The summed E-state index contributed by atoms with van der Waals surface area (Å²) in [5, 5.41) is 2.51. The van der Waals surface area contributed by atoms with Gasteiger partial charge in [-0.2, -0.15) is 0 Å². The molecule has 1 amide bonds. The van der Waals surface area contributed by atoms with Crippen LogP contribution in [0, 0.1) is 0 Å². The van der Waals surface area contributed by atoms with E-state index in [0.29, 0.717) is 6.42 Å². The van der Waals surface area contributed by atoms with E-state index >= 15 is 0 Å². The molecule has 86 valence electrons. The van der Waals surface area contributed by atoms with Gasteiger partial charge in [-0.3, -0.25) is 4.79 Å². The second kappa shape index (κ2) is 5.53. The van der Waals surface area contributed by atoms with Crippen molar-refractivity contribution >= 4 is 11.9 Å². The van der Waals surface area contributed by atoms with Crippen LogP contribution in [0.15, 0.2) is 12.7 Å². The zero-order valence-corrected chi connectivity index (χ0v) is 9.79. The lowest BCUT2D eigenvalue weighted by Crippen LogP contribution is -2.43. The lowest BCUT2D eigenvalue weighted by Gasteiger charge is -2.23. The second-order valence-corrected chi connectivity index (χ2v) is 4.21. The summed E-state index contributed by atoms with van der Waals surface area (Å²) in [5.41, 5.74) is -0.538. The van der Waals surface area contributed by atoms with E-state index in [9.17, 15) is 9.59 Å². The van der Waals surface area contributed by atoms with Gasteiger partial charge in [-0.15, -0.1) is 0 Å². The molecule has 0 aliphatic carbocycles. The van der Waals surface area contributed by atoms with Crippen LogP contribution in [0.5, 0.6) is 0 Å². The maximum atomic E-state index is 11.6. The maximum absolute atomic E-state index is 11.6. The molecule has 0 aromatic carbocycles. The van der Waals surface area contributed by atoms with Gasteiger partial charge in [-0.05, 0) is 33.3 Å². The number of ether oxygens (including phenoxy) is 1. The van der Waals surface area contributed by atoms with E-state index in [2.05, 4.69) is 11.9 Å². The lowest BCUT2D eigenvalue weighted by molar-refractivity contribution is -0.158. The molecule has 4 heteroatoms. The summed E-state index contributed by atoms with van der Waals surface area (Å²) < 4.78 is 5.15. The standard InChI is InChI=1S/C11H19NO3/c1-6-8(12-9(13)7-2)10(14)15-11(3,4)5/h7-8H,2,6H2,1,3-5H3,(H,12,13). The molecule has 4 nitrogen and oxygen atoms in total. The third-order valence-electron chi connectivity index (χ3n) is 1.60. The summed E-state index contributed by atoms with van der Waals surface area (Å²) in [4.78, 5) is 22.6. The summed E-state index contributed by atoms with van der Waals surface area (Å²) in [6, 6.07) is -0.602. The number of esters is 1. The predicted molar refractivity (Wildman–Crippen MR) is 58.3 cm³/mol. The van der Waals surface area contributed by atoms with Gasteiger partial charge in [0.15, 0.2) is 0 Å². The number of nitrogens with one attached hydrogen (secondary N) is 1. The molecule has 1 atom stereocenters. The van der Waals surface area contributed by atoms with Crippen molar-refractivity contribution < 1.29 is 14.3 Å². The molecule has 0 aliphatic rings. The molecule has 0 aromatic heterocycles. The Morgan fingerprint density at radius 3 is 2.33 bits per heavy atom. The van der Waals surface area contributed by atoms with Crippen molar-refractivity contribution in [1.82, 2.24) is 5.32 Å². The van der Waals surface area contributed by atoms with Crippen LogP contribution in [0.2, 0.25) is 0 Å². The first-order valence-electron chi connectivity index (χ1n) is 4.96. The van der Waals surface area contributed by atoms with Crippen molar-refractivity contribution in [2.45, 2.75) is 45.8 Å². The molecule has 0 saturated carbocycles. The quantitative estimate of drug-likeness (QED) is 0.567. The van der Waals surface area contributed by atoms with Crippen molar-refractivity contribution in [3.05, 3.63) is 12.7 Å². The third kappa shape index (κ3) is 5.88. The molecule has 0 radical (unpaired) electrons. The SMILES string of the molecule is C=CC(=O)NC(CC)C(=O)OC(C)(C)C. The van der Waals surface area contributed by atoms with E-state index in [1.807, 2.05) is 0 Å². The van der Waals surface area contributed by atoms with Crippen LogP contribution < -0.4 is 5.32 Å². The van der Waals surface area contributed by atoms with E-state index in [0.717, 1.165) is 6.08 Å². The molecule has 1 unspecified atom stereocenters. The summed E-state index contributed by atoms with van der Waals surface area (Å²) in [5.74, 6) is -0.784. The van der Waals surface area contributed by atoms with Gasteiger partial charge < -0.3 is 10.1 Å². The topological polar surface area (TPSA) is 55.4 Å². The fraction of sp³-hybridized carbons (Fsp3) is 0.636. The van der Waals surface area contributed by atoms with Crippen LogP contribution in [0.25, 0.3) is 0 Å². The molecule has 0 fully saturated rings. The highest BCUT2D eigenvalue weighted by Crippen LogP contribution is 2.09. The third-order valence-corrected chi connectivity index (χ3v) is 1.60. The van der Waals surface area contributed by atoms with E-state index in [1.54, 1.807) is 27.7 Å². The number of hydrogen-bond donors (Lipinski definition) is 1. The van der Waals surface area contributed by atoms with E-state index in [4.69, 9.17) is 4.74 Å². The van der Waals surface area contributed by atoms with Crippen LogP contribution in [0.4, 0.5) is 0 Å². The Morgan fingerprint density at radius 1 is 1.47 bits per heavy atom. The summed E-state index contributed by atoms with van der Waals surface area (Å²) in [7, 11) is 0. The Kier molecular flexibility index (Phi) is 5.05. The number of rotatable bonds is 4. The summed E-state index contributed by atoms with van der Waals surface area (Å²) in [6.45, 7) is 10.5. The Hall–Kier alpha value is -1.32. The van der Waals surface area contributed by atoms with Crippen LogP contribution in [0.1, 0.15) is 34.1 Å². The molecule has 0 aromatic rings. The normalized spacial score (nSPS) is 12.8. The van der Waals surface area contributed by atoms with Gasteiger partial charge in [-0.1, -0.05) is 13.5 Å². The average Bonchev–Trinajstić information content (AvgIpc) is 2.10. The Labute approximate surface area is 90.7 Å². The molecule has 0 spiro atoms. The highest BCUT2D eigenvalue weighted by Gasteiger charge is 2.24. The zero-order chi connectivity index (χ0) is 12.1. The van der Waals surface area contributed by atoms with Crippen molar-refractivity contribution in [3.63, 3.8) is 0 Å². The molecule has 0 bridgehead atoms. The van der Waals surface area contributed by atoms with Crippen LogP contribution in [0.3, 0.4) is 0 Å². The highest BCUT2D eigenvalue weighted by atomic mass is 16.6. The van der Waals surface area contributed by atoms with E-state index in [1.165, 1.54) is 0 Å². The first kappa shape index (κ1) is 13.7. The number of carbonyl (C=O) groups excluding carboxylic acids is 2. The fourth-order valence-corrected chi connectivity index (χ4v) is 0.931. The van der Waals surface area contributed by atoms with Gasteiger partial charge in [0.05, 0.1) is 0 Å². The van der Waals surface area contributed by atoms with Crippen LogP contribution >= 0.6 is 0 Å². The van der Waals surface area contributed by atoms with Crippen molar-refractivity contribution in [2.24, 2.45) is 0 Å². The highest BCUT2D eigenvalue weighted by molar-refractivity contribution is 5.91. The maximum Gasteiger partial charge on any atom is 0.329 e. The molecule has 1 N–H and O–H groups in total. The second-order valence-electron chi connectivity index (χ2n) is 4.21. The first-order chi connectivity index (χ1) is 6.80. The molecule has 0 saturated heterocycles. The number of carbonyl (C=O) groups is 2. The molecule has 0 aliphatic heterocycles. The predicted octanol–water partition coefficient (Wildman–Crippen LogP) is 1.41. The largest absolute Gasteiger partial charge is 0.458 e. The molecule has 0 heterocycles. The zero-order valence-electron chi connectivity index (χ0n) is 9.79. The van der Waals surface area contributed by atoms with E-state index < -0.39 is 17.6 Å². The van der Waals surface area contributed by atoms with Gasteiger partial charge in [0.2, 0.25) is 5.91 Å². The monoisotopic (exact) mass is 213 g/mol. The van der Waals surface area contributed by atoms with Gasteiger partial charge >= 0.3 is 5.97 Å². The van der Waals surface area contributed by atoms with E-state index in [-0.39, 0.29) is 5.91 Å². The Morgan fingerprint density at radius 2 is 2.00 bits per heavy atom. The van der Waals surface area contributed by atoms with Crippen LogP contribution in [-0.4, -0.2) is 23.5 Å². The molecule has 0 rings (SSSR count). The van der Waals surface area contributed by atoms with Gasteiger partial charge in [-0.25, -0.2) is 4.79 Å². The molecular weight excluding hydrogens is 194 g/mol. The average molecular weight is 213 g/mol. The van der Waals surface area contributed by atoms with Gasteiger partial charge in [0.1, 0.15) is 11.6 Å². The number of hydrogen-bond acceptors (Lipinski definition) is 3. The van der Waals surface area contributed by atoms with Crippen LogP contribution in [-0.2, 0) is 14.3 Å². The fourth-order valence-electron chi connectivity index (χ4n) is 0.931. The van der Waals surface area contributed by atoms with Crippen molar-refractivity contribution in [2.75, 3.05) is 0 Å². The summed E-state index contributed by atoms with van der Waals surface area (Å²) in [6.07, 6.45) is 1.63. The molecule has 15 heavy (non-hydrogen) atoms. The summed E-state index contributed by atoms with van der Waals surface area (Å²) >= 11 is 0. The minimum atomic E-state index is -0.602. The van der Waals surface area contributed by atoms with Crippen molar-refractivity contribution in [1.29, 1.82) is 0 Å². The minimum absolute atomic E-state index is 0.368. The first-order valence-corrected chi connectivity index (χ1v) is 4.96. The lowest BCUT2D eigenvalue weighted by atomic mass is 10.1. The smallest absolute Gasteiger partial charge is 0.329 e. The minimum Gasteiger partial charge on any atom is -0.458 e. The van der Waals surface area contributed by atoms with Gasteiger partial charge in [0, 0.05) is 0 Å². The Balaban J connectivity index is 4.35. The molecular formula is C11H19NO3. The Bertz CT molecular complexity index is 253. The number of amides is 1.